The molecule has 3 rings (SSSR count). The zero-order valence-electron chi connectivity index (χ0n) is 14.9. The molecule has 1 fully saturated rings. The van der Waals surface area contributed by atoms with Crippen molar-refractivity contribution >= 4 is 11.6 Å². The van der Waals surface area contributed by atoms with Crippen molar-refractivity contribution in [3.05, 3.63) is 47.7 Å². The van der Waals surface area contributed by atoms with Crippen LogP contribution >= 0.6 is 0 Å². The summed E-state index contributed by atoms with van der Waals surface area (Å²) in [6.07, 6.45) is 10.3. The standard InChI is InChI=1S/C14H17N5O2.C4H10/c15-12(14(20)21)8-19(16)7-11-6-18-5-10(9-1-2-9)3-4-13(18)17-11;1-3-4-2/h3-6,8-9H,1-2,7,15-16H2,(H,20,21);3-4H2,1-2H3/b12-8-;. The first-order valence-electron chi connectivity index (χ1n) is 8.64. The number of hydrogen-bond acceptors (Lipinski definition) is 5. The van der Waals surface area contributed by atoms with Gasteiger partial charge in [0.1, 0.15) is 11.3 Å². The second kappa shape index (κ2) is 8.53. The number of hydrogen-bond donors (Lipinski definition) is 3. The van der Waals surface area contributed by atoms with Gasteiger partial charge in [0.15, 0.2) is 0 Å². The minimum atomic E-state index is -1.20. The lowest BCUT2D eigenvalue weighted by molar-refractivity contribution is -0.132. The third kappa shape index (κ3) is 5.49. The SMILES string of the molecule is CCCC.N/C(=C\N(N)Cc1cn2cc(C3CC3)ccc2n1)C(=O)O. The molecule has 0 radical (unpaired) electrons. The van der Waals surface area contributed by atoms with Crippen LogP contribution in [-0.4, -0.2) is 25.5 Å². The van der Waals surface area contributed by atoms with E-state index in [1.807, 2.05) is 16.7 Å². The van der Waals surface area contributed by atoms with Crippen molar-refractivity contribution in [1.82, 2.24) is 14.4 Å². The highest BCUT2D eigenvalue weighted by Crippen LogP contribution is 2.39. The van der Waals surface area contributed by atoms with E-state index < -0.39 is 5.97 Å². The molecule has 2 aromatic rings. The molecule has 1 saturated carbocycles. The number of nitrogens with zero attached hydrogens (tertiary/aromatic N) is 3. The monoisotopic (exact) mass is 345 g/mol. The minimum Gasteiger partial charge on any atom is -0.477 e. The second-order valence-corrected chi connectivity index (χ2v) is 6.30. The number of hydrazine groups is 1. The van der Waals surface area contributed by atoms with Gasteiger partial charge in [0.2, 0.25) is 0 Å². The Hall–Kier alpha value is -2.54. The summed E-state index contributed by atoms with van der Waals surface area (Å²) in [7, 11) is 0. The lowest BCUT2D eigenvalue weighted by Crippen LogP contribution is -2.27. The van der Waals surface area contributed by atoms with Gasteiger partial charge in [-0.3, -0.25) is 0 Å². The molecule has 0 bridgehead atoms. The summed E-state index contributed by atoms with van der Waals surface area (Å²) < 4.78 is 1.97. The molecule has 7 nitrogen and oxygen atoms in total. The van der Waals surface area contributed by atoms with Crippen LogP contribution in [0, 0.1) is 0 Å². The van der Waals surface area contributed by atoms with Crippen LogP contribution in [0.3, 0.4) is 0 Å². The average Bonchev–Trinajstić information content (AvgIpc) is 3.35. The van der Waals surface area contributed by atoms with Gasteiger partial charge in [-0.05, 0) is 30.4 Å². The summed E-state index contributed by atoms with van der Waals surface area (Å²) in [5, 5.41) is 9.92. The first kappa shape index (κ1) is 18.8. The quantitative estimate of drug-likeness (QED) is 0.422. The molecule has 5 N–H and O–H groups in total. The number of nitrogens with two attached hydrogens (primary N) is 2. The molecule has 2 aromatic heterocycles. The predicted molar refractivity (Wildman–Crippen MR) is 97.4 cm³/mol. The van der Waals surface area contributed by atoms with E-state index in [4.69, 9.17) is 16.7 Å². The fraction of sp³-hybridized carbons (Fsp3) is 0.444. The Bertz CT molecular complexity index is 747. The number of rotatable bonds is 6. The van der Waals surface area contributed by atoms with Crippen molar-refractivity contribution in [3.63, 3.8) is 0 Å². The van der Waals surface area contributed by atoms with E-state index in [0.29, 0.717) is 5.92 Å². The van der Waals surface area contributed by atoms with Gasteiger partial charge in [-0.1, -0.05) is 32.8 Å². The van der Waals surface area contributed by atoms with Gasteiger partial charge in [0, 0.05) is 18.6 Å². The lowest BCUT2D eigenvalue weighted by atomic mass is 10.2. The Labute approximate surface area is 147 Å². The van der Waals surface area contributed by atoms with Gasteiger partial charge in [0.05, 0.1) is 12.2 Å². The molecule has 0 aliphatic heterocycles. The molecule has 1 aliphatic carbocycles. The molecular formula is C18H27N5O2. The Morgan fingerprint density at radius 2 is 2.04 bits per heavy atom. The fourth-order valence-corrected chi connectivity index (χ4v) is 2.26. The van der Waals surface area contributed by atoms with Gasteiger partial charge < -0.3 is 20.2 Å². The van der Waals surface area contributed by atoms with Crippen molar-refractivity contribution < 1.29 is 9.90 Å². The smallest absolute Gasteiger partial charge is 0.353 e. The summed E-state index contributed by atoms with van der Waals surface area (Å²) in [5.41, 5.74) is 7.93. The number of carboxylic acids is 1. The van der Waals surface area contributed by atoms with Gasteiger partial charge in [-0.2, -0.15) is 0 Å². The lowest BCUT2D eigenvalue weighted by Gasteiger charge is -2.11. The largest absolute Gasteiger partial charge is 0.477 e. The van der Waals surface area contributed by atoms with Gasteiger partial charge in [0.25, 0.3) is 0 Å². The maximum Gasteiger partial charge on any atom is 0.353 e. The molecule has 25 heavy (non-hydrogen) atoms. The predicted octanol–water partition coefficient (Wildman–Crippen LogP) is 2.58. The molecular weight excluding hydrogens is 318 g/mol. The minimum absolute atomic E-state index is 0.286. The molecule has 2 heterocycles. The molecule has 0 spiro atoms. The van der Waals surface area contributed by atoms with Crippen LogP contribution in [0.4, 0.5) is 0 Å². The second-order valence-electron chi connectivity index (χ2n) is 6.30. The Kier molecular flexibility index (Phi) is 6.41. The molecule has 1 aliphatic rings. The van der Waals surface area contributed by atoms with Crippen LogP contribution in [0.5, 0.6) is 0 Å². The third-order valence-corrected chi connectivity index (χ3v) is 3.97. The number of imidazole rings is 1. The molecule has 0 saturated heterocycles. The molecule has 0 atom stereocenters. The van der Waals surface area contributed by atoms with Crippen LogP contribution in [0.1, 0.15) is 56.7 Å². The Balaban J connectivity index is 0.000000511. The van der Waals surface area contributed by atoms with Gasteiger partial charge >= 0.3 is 5.97 Å². The number of carbonyl (C=O) groups is 1. The molecule has 0 amide bonds. The number of unbranched alkanes of at least 4 members (excludes halogenated alkanes) is 1. The number of aliphatic carboxylic acids is 1. The topological polar surface area (TPSA) is 110 Å². The fourth-order valence-electron chi connectivity index (χ4n) is 2.26. The number of pyridine rings is 1. The maximum absolute atomic E-state index is 10.6. The third-order valence-electron chi connectivity index (χ3n) is 3.97. The first-order chi connectivity index (χ1) is 11.9. The summed E-state index contributed by atoms with van der Waals surface area (Å²) in [6.45, 7) is 4.65. The van der Waals surface area contributed by atoms with Crippen molar-refractivity contribution in [2.75, 3.05) is 0 Å². The van der Waals surface area contributed by atoms with E-state index in [1.54, 1.807) is 0 Å². The van der Waals surface area contributed by atoms with Gasteiger partial charge in [-0.15, -0.1) is 0 Å². The summed E-state index contributed by atoms with van der Waals surface area (Å²) in [6, 6.07) is 4.09. The highest BCUT2D eigenvalue weighted by molar-refractivity contribution is 5.85. The van der Waals surface area contributed by atoms with E-state index in [-0.39, 0.29) is 12.2 Å². The number of carboxylic acid groups (broad SMARTS) is 1. The highest BCUT2D eigenvalue weighted by Gasteiger charge is 2.23. The highest BCUT2D eigenvalue weighted by atomic mass is 16.4. The van der Waals surface area contributed by atoms with E-state index in [1.165, 1.54) is 42.5 Å². The Morgan fingerprint density at radius 3 is 2.60 bits per heavy atom. The number of aromatic nitrogens is 2. The molecule has 7 heteroatoms. The van der Waals surface area contributed by atoms with E-state index in [9.17, 15) is 4.79 Å². The van der Waals surface area contributed by atoms with Crippen LogP contribution in [0.25, 0.3) is 5.65 Å². The summed E-state index contributed by atoms with van der Waals surface area (Å²) in [5.74, 6) is 5.20. The van der Waals surface area contributed by atoms with Crippen LogP contribution < -0.4 is 11.6 Å². The zero-order chi connectivity index (χ0) is 18.4. The van der Waals surface area contributed by atoms with Crippen molar-refractivity contribution in [1.29, 1.82) is 0 Å². The molecule has 0 aromatic carbocycles. The van der Waals surface area contributed by atoms with Crippen molar-refractivity contribution in [2.45, 2.75) is 52.0 Å². The van der Waals surface area contributed by atoms with E-state index in [2.05, 4.69) is 31.1 Å². The van der Waals surface area contributed by atoms with E-state index in [0.717, 1.165) is 11.3 Å². The van der Waals surface area contributed by atoms with Crippen molar-refractivity contribution in [2.24, 2.45) is 11.6 Å². The van der Waals surface area contributed by atoms with E-state index >= 15 is 0 Å². The van der Waals surface area contributed by atoms with Gasteiger partial charge in [-0.25, -0.2) is 15.6 Å². The molecule has 0 unspecified atom stereocenters. The van der Waals surface area contributed by atoms with Crippen LogP contribution in [-0.2, 0) is 11.3 Å². The molecule has 136 valence electrons. The average molecular weight is 345 g/mol. The summed E-state index contributed by atoms with van der Waals surface area (Å²) >= 11 is 0. The number of fused-ring (bicyclic) bond motifs is 1. The summed E-state index contributed by atoms with van der Waals surface area (Å²) in [4.78, 5) is 15.1. The Morgan fingerprint density at radius 1 is 1.36 bits per heavy atom. The normalized spacial score (nSPS) is 14.1. The first-order valence-corrected chi connectivity index (χ1v) is 8.64. The van der Waals surface area contributed by atoms with Crippen LogP contribution in [0.15, 0.2) is 36.4 Å². The zero-order valence-corrected chi connectivity index (χ0v) is 14.9. The maximum atomic E-state index is 10.6. The van der Waals surface area contributed by atoms with Crippen LogP contribution in [0.2, 0.25) is 0 Å². The van der Waals surface area contributed by atoms with Crippen molar-refractivity contribution in [3.8, 4) is 0 Å².